The molecule has 0 unspecified atom stereocenters. The van der Waals surface area contributed by atoms with Crippen LogP contribution in [0.5, 0.6) is 0 Å². The minimum atomic E-state index is -0.0809. The van der Waals surface area contributed by atoms with Gasteiger partial charge in [0.05, 0.1) is 5.75 Å². The summed E-state index contributed by atoms with van der Waals surface area (Å²) in [7, 11) is 0. The van der Waals surface area contributed by atoms with Gasteiger partial charge in [-0.3, -0.25) is 9.36 Å². The highest BCUT2D eigenvalue weighted by Crippen LogP contribution is 2.23. The second-order valence-electron chi connectivity index (χ2n) is 5.49. The van der Waals surface area contributed by atoms with Crippen molar-refractivity contribution in [3.05, 3.63) is 64.9 Å². The molecule has 1 heterocycles. The minimum Gasteiger partial charge on any atom is -0.325 e. The Morgan fingerprint density at radius 3 is 2.56 bits per heavy atom. The molecule has 3 aromatic rings. The Hall–Kier alpha value is -2.31. The molecule has 2 aromatic carbocycles. The fraction of sp³-hybridized carbons (Fsp3) is 0.167. The predicted molar refractivity (Wildman–Crippen MR) is 102 cm³/mol. The lowest BCUT2D eigenvalue weighted by Gasteiger charge is -2.09. The first kappa shape index (κ1) is 17.5. The van der Waals surface area contributed by atoms with E-state index in [9.17, 15) is 4.79 Å². The SMILES string of the molecule is Cc1ccccc1NC(=O)CSc1nnc(C)n1-c1ccc(Cl)cc1. The molecular formula is C18H17ClN4OS. The minimum absolute atomic E-state index is 0.0809. The third-order valence-corrected chi connectivity index (χ3v) is 4.81. The molecule has 3 rings (SSSR count). The van der Waals surface area contributed by atoms with E-state index >= 15 is 0 Å². The summed E-state index contributed by atoms with van der Waals surface area (Å²) in [4.78, 5) is 12.2. The standard InChI is InChI=1S/C18H17ClN4OS/c1-12-5-3-4-6-16(12)20-17(24)11-25-18-22-21-13(2)23(18)15-9-7-14(19)8-10-15/h3-10H,11H2,1-2H3,(H,20,24). The fourth-order valence-corrected chi connectivity index (χ4v) is 3.28. The lowest BCUT2D eigenvalue weighted by molar-refractivity contribution is -0.113. The molecule has 0 saturated carbocycles. The summed E-state index contributed by atoms with van der Waals surface area (Å²) < 4.78 is 1.90. The zero-order chi connectivity index (χ0) is 17.8. The van der Waals surface area contributed by atoms with E-state index in [0.717, 1.165) is 22.8 Å². The number of rotatable bonds is 5. The van der Waals surface area contributed by atoms with Crippen LogP contribution in [0.15, 0.2) is 53.7 Å². The van der Waals surface area contributed by atoms with Crippen molar-refractivity contribution in [1.29, 1.82) is 0 Å². The topological polar surface area (TPSA) is 59.8 Å². The van der Waals surface area contributed by atoms with E-state index in [1.807, 2.05) is 66.9 Å². The van der Waals surface area contributed by atoms with Crippen LogP contribution in [0.4, 0.5) is 5.69 Å². The van der Waals surface area contributed by atoms with E-state index in [4.69, 9.17) is 11.6 Å². The molecule has 0 atom stereocenters. The van der Waals surface area contributed by atoms with E-state index < -0.39 is 0 Å². The van der Waals surface area contributed by atoms with Crippen LogP contribution in [0.1, 0.15) is 11.4 Å². The van der Waals surface area contributed by atoms with E-state index in [-0.39, 0.29) is 11.7 Å². The number of hydrogen-bond donors (Lipinski definition) is 1. The average Bonchev–Trinajstić information content (AvgIpc) is 2.97. The van der Waals surface area contributed by atoms with Gasteiger partial charge in [-0.15, -0.1) is 10.2 Å². The number of para-hydroxylation sites is 1. The van der Waals surface area contributed by atoms with Crippen LogP contribution >= 0.6 is 23.4 Å². The Morgan fingerprint density at radius 1 is 1.12 bits per heavy atom. The third-order valence-electron chi connectivity index (χ3n) is 3.63. The summed E-state index contributed by atoms with van der Waals surface area (Å²) in [5.41, 5.74) is 2.76. The summed E-state index contributed by atoms with van der Waals surface area (Å²) in [6.45, 7) is 3.84. The first-order chi connectivity index (χ1) is 12.0. The number of amides is 1. The summed E-state index contributed by atoms with van der Waals surface area (Å²) in [6, 6.07) is 15.1. The number of carbonyl (C=O) groups is 1. The number of anilines is 1. The number of hydrogen-bond acceptors (Lipinski definition) is 4. The molecule has 0 saturated heterocycles. The third kappa shape index (κ3) is 4.21. The number of carbonyl (C=O) groups excluding carboxylic acids is 1. The van der Waals surface area contributed by atoms with Crippen molar-refractivity contribution in [2.45, 2.75) is 19.0 Å². The molecule has 5 nitrogen and oxygen atoms in total. The normalized spacial score (nSPS) is 10.7. The number of nitrogens with one attached hydrogen (secondary N) is 1. The van der Waals surface area contributed by atoms with E-state index in [2.05, 4.69) is 15.5 Å². The van der Waals surface area contributed by atoms with E-state index in [0.29, 0.717) is 10.2 Å². The molecule has 25 heavy (non-hydrogen) atoms. The molecule has 1 amide bonds. The number of halogens is 1. The van der Waals surface area contributed by atoms with Crippen molar-refractivity contribution in [3.63, 3.8) is 0 Å². The van der Waals surface area contributed by atoms with Gasteiger partial charge in [0.2, 0.25) is 5.91 Å². The van der Waals surface area contributed by atoms with Gasteiger partial charge < -0.3 is 5.32 Å². The van der Waals surface area contributed by atoms with Crippen LogP contribution in [0.3, 0.4) is 0 Å². The maximum absolute atomic E-state index is 12.2. The molecule has 0 radical (unpaired) electrons. The molecule has 0 aliphatic carbocycles. The molecule has 128 valence electrons. The zero-order valence-electron chi connectivity index (χ0n) is 13.9. The Balaban J connectivity index is 1.71. The number of benzene rings is 2. The number of thioether (sulfide) groups is 1. The van der Waals surface area contributed by atoms with Gasteiger partial charge in [-0.05, 0) is 49.7 Å². The predicted octanol–water partition coefficient (Wildman–Crippen LogP) is 4.27. The lowest BCUT2D eigenvalue weighted by atomic mass is 10.2. The van der Waals surface area contributed by atoms with Gasteiger partial charge in [-0.1, -0.05) is 41.6 Å². The molecule has 0 spiro atoms. The number of aromatic nitrogens is 3. The van der Waals surface area contributed by atoms with Gasteiger partial charge in [0.15, 0.2) is 5.16 Å². The molecule has 0 fully saturated rings. The Bertz CT molecular complexity index is 892. The van der Waals surface area contributed by atoms with Crippen LogP contribution < -0.4 is 5.32 Å². The van der Waals surface area contributed by atoms with Gasteiger partial charge in [-0.25, -0.2) is 0 Å². The van der Waals surface area contributed by atoms with Crippen molar-refractivity contribution in [1.82, 2.24) is 14.8 Å². The van der Waals surface area contributed by atoms with E-state index in [1.165, 1.54) is 11.8 Å². The first-order valence-electron chi connectivity index (χ1n) is 7.71. The van der Waals surface area contributed by atoms with Gasteiger partial charge in [-0.2, -0.15) is 0 Å². The Labute approximate surface area is 155 Å². The quantitative estimate of drug-likeness (QED) is 0.679. The molecule has 1 aromatic heterocycles. The number of nitrogens with zero attached hydrogens (tertiary/aromatic N) is 3. The zero-order valence-corrected chi connectivity index (χ0v) is 15.4. The van der Waals surface area contributed by atoms with Gasteiger partial charge >= 0.3 is 0 Å². The lowest BCUT2D eigenvalue weighted by Crippen LogP contribution is -2.15. The summed E-state index contributed by atoms with van der Waals surface area (Å²) >= 11 is 7.29. The van der Waals surface area contributed by atoms with Crippen molar-refractivity contribution in [3.8, 4) is 5.69 Å². The van der Waals surface area contributed by atoms with Crippen LogP contribution in [0.25, 0.3) is 5.69 Å². The van der Waals surface area contributed by atoms with Crippen molar-refractivity contribution >= 4 is 35.0 Å². The largest absolute Gasteiger partial charge is 0.325 e. The maximum Gasteiger partial charge on any atom is 0.234 e. The van der Waals surface area contributed by atoms with Crippen LogP contribution in [0.2, 0.25) is 5.02 Å². The van der Waals surface area contributed by atoms with Crippen LogP contribution in [-0.2, 0) is 4.79 Å². The fourth-order valence-electron chi connectivity index (χ4n) is 2.35. The van der Waals surface area contributed by atoms with E-state index in [1.54, 1.807) is 0 Å². The first-order valence-corrected chi connectivity index (χ1v) is 9.07. The highest BCUT2D eigenvalue weighted by Gasteiger charge is 2.13. The molecule has 7 heteroatoms. The highest BCUT2D eigenvalue weighted by molar-refractivity contribution is 7.99. The van der Waals surface area contributed by atoms with Gasteiger partial charge in [0.1, 0.15) is 5.82 Å². The second kappa shape index (κ2) is 7.72. The van der Waals surface area contributed by atoms with Crippen molar-refractivity contribution in [2.24, 2.45) is 0 Å². The highest BCUT2D eigenvalue weighted by atomic mass is 35.5. The molecular weight excluding hydrogens is 356 g/mol. The number of aryl methyl sites for hydroxylation is 2. The second-order valence-corrected chi connectivity index (χ2v) is 6.87. The monoisotopic (exact) mass is 372 g/mol. The average molecular weight is 373 g/mol. The summed E-state index contributed by atoms with van der Waals surface area (Å²) in [6.07, 6.45) is 0. The molecule has 0 bridgehead atoms. The summed E-state index contributed by atoms with van der Waals surface area (Å²) in [5, 5.41) is 12.5. The smallest absolute Gasteiger partial charge is 0.234 e. The molecule has 0 aliphatic heterocycles. The summed E-state index contributed by atoms with van der Waals surface area (Å²) in [5.74, 6) is 0.923. The van der Waals surface area contributed by atoms with Gasteiger partial charge in [0.25, 0.3) is 0 Å². The van der Waals surface area contributed by atoms with Gasteiger partial charge in [0, 0.05) is 16.4 Å². The Kier molecular flexibility index (Phi) is 5.40. The van der Waals surface area contributed by atoms with Crippen LogP contribution in [0, 0.1) is 13.8 Å². The van der Waals surface area contributed by atoms with Crippen molar-refractivity contribution in [2.75, 3.05) is 11.1 Å². The molecule has 0 aliphatic rings. The Morgan fingerprint density at radius 2 is 1.84 bits per heavy atom. The molecule has 1 N–H and O–H groups in total. The van der Waals surface area contributed by atoms with Crippen LogP contribution in [-0.4, -0.2) is 26.4 Å². The van der Waals surface area contributed by atoms with Crippen molar-refractivity contribution < 1.29 is 4.79 Å². The maximum atomic E-state index is 12.2.